The van der Waals surface area contributed by atoms with Gasteiger partial charge in [-0.25, -0.2) is 9.78 Å². The molecular weight excluding hydrogens is 244 g/mol. The highest BCUT2D eigenvalue weighted by atomic mass is 16.4. The number of aromatic nitrogens is 3. The zero-order chi connectivity index (χ0) is 13.9. The third-order valence-corrected chi connectivity index (χ3v) is 2.97. The van der Waals surface area contributed by atoms with E-state index in [4.69, 9.17) is 0 Å². The number of anilines is 1. The van der Waals surface area contributed by atoms with Crippen LogP contribution in [0.25, 0.3) is 11.0 Å². The van der Waals surface area contributed by atoms with Crippen LogP contribution in [0.4, 0.5) is 5.95 Å². The maximum atomic E-state index is 11.3. The van der Waals surface area contributed by atoms with Gasteiger partial charge in [0.05, 0.1) is 5.52 Å². The fourth-order valence-corrected chi connectivity index (χ4v) is 1.90. The van der Waals surface area contributed by atoms with Crippen LogP contribution in [0.3, 0.4) is 0 Å². The first-order valence-corrected chi connectivity index (χ1v) is 6.16. The number of hydrogen-bond donors (Lipinski definition) is 2. The summed E-state index contributed by atoms with van der Waals surface area (Å²) in [7, 11) is 0. The highest BCUT2D eigenvalue weighted by Gasteiger charge is 2.32. The van der Waals surface area contributed by atoms with Gasteiger partial charge in [0.1, 0.15) is 11.1 Å². The average Bonchev–Trinajstić information content (AvgIpc) is 2.38. The number of nitrogens with one attached hydrogen (secondary N) is 1. The van der Waals surface area contributed by atoms with Crippen LogP contribution in [-0.4, -0.2) is 31.8 Å². The van der Waals surface area contributed by atoms with Gasteiger partial charge < -0.3 is 10.4 Å². The molecule has 2 aromatic rings. The summed E-state index contributed by atoms with van der Waals surface area (Å²) in [6.45, 7) is 3.56. The Hall–Kier alpha value is -2.24. The van der Waals surface area contributed by atoms with E-state index in [1.54, 1.807) is 6.92 Å². The van der Waals surface area contributed by atoms with Crippen molar-refractivity contribution < 1.29 is 9.90 Å². The Bertz CT molecular complexity index is 602. The monoisotopic (exact) mass is 260 g/mol. The maximum absolute atomic E-state index is 11.3. The van der Waals surface area contributed by atoms with Crippen LogP contribution in [0.2, 0.25) is 0 Å². The van der Waals surface area contributed by atoms with Crippen molar-refractivity contribution in [3.8, 4) is 0 Å². The van der Waals surface area contributed by atoms with E-state index in [1.807, 2.05) is 31.2 Å². The van der Waals surface area contributed by atoms with Crippen molar-refractivity contribution >= 4 is 23.0 Å². The second-order valence-electron chi connectivity index (χ2n) is 4.64. The van der Waals surface area contributed by atoms with Crippen molar-refractivity contribution in [1.82, 2.24) is 15.2 Å². The minimum absolute atomic E-state index is 0.233. The highest BCUT2D eigenvalue weighted by Crippen LogP contribution is 2.19. The van der Waals surface area contributed by atoms with Crippen LogP contribution < -0.4 is 5.32 Å². The Balaban J connectivity index is 2.31. The van der Waals surface area contributed by atoms with Crippen molar-refractivity contribution in [3.63, 3.8) is 0 Å². The van der Waals surface area contributed by atoms with Gasteiger partial charge in [-0.05, 0) is 25.5 Å². The Kier molecular flexibility index (Phi) is 3.59. The lowest BCUT2D eigenvalue weighted by molar-refractivity contribution is -0.142. The molecule has 1 aromatic heterocycles. The minimum atomic E-state index is -1.08. The van der Waals surface area contributed by atoms with Crippen LogP contribution >= 0.6 is 0 Å². The molecule has 0 aliphatic rings. The summed E-state index contributed by atoms with van der Waals surface area (Å²) in [6, 6.07) is 7.32. The zero-order valence-corrected chi connectivity index (χ0v) is 10.9. The summed E-state index contributed by atoms with van der Waals surface area (Å²) in [6.07, 6.45) is 1.23. The number of nitrogens with zero attached hydrogens (tertiary/aromatic N) is 3. The SMILES string of the molecule is CCCC(C)(Nc1nnc2ccccc2n1)C(=O)O. The molecule has 0 amide bonds. The van der Waals surface area contributed by atoms with Crippen LogP contribution in [0.1, 0.15) is 26.7 Å². The first-order chi connectivity index (χ1) is 9.05. The Morgan fingerprint density at radius 2 is 2.00 bits per heavy atom. The largest absolute Gasteiger partial charge is 0.480 e. The third-order valence-electron chi connectivity index (χ3n) is 2.97. The van der Waals surface area contributed by atoms with Crippen LogP contribution in [-0.2, 0) is 4.79 Å². The number of para-hydroxylation sites is 1. The molecule has 0 radical (unpaired) electrons. The van der Waals surface area contributed by atoms with Crippen LogP contribution in [0, 0.1) is 0 Å². The average molecular weight is 260 g/mol. The van der Waals surface area contributed by atoms with E-state index in [0.29, 0.717) is 17.5 Å². The van der Waals surface area contributed by atoms with Crippen molar-refractivity contribution in [2.75, 3.05) is 5.32 Å². The molecule has 0 fully saturated rings. The van der Waals surface area contributed by atoms with Gasteiger partial charge in [-0.15, -0.1) is 10.2 Å². The molecule has 0 bridgehead atoms. The van der Waals surface area contributed by atoms with Gasteiger partial charge in [0.15, 0.2) is 0 Å². The highest BCUT2D eigenvalue weighted by molar-refractivity contribution is 5.82. The molecule has 6 heteroatoms. The molecule has 1 unspecified atom stereocenters. The van der Waals surface area contributed by atoms with Gasteiger partial charge in [0, 0.05) is 0 Å². The lowest BCUT2D eigenvalue weighted by Gasteiger charge is -2.25. The van der Waals surface area contributed by atoms with Crippen molar-refractivity contribution in [1.29, 1.82) is 0 Å². The van der Waals surface area contributed by atoms with Gasteiger partial charge in [0.2, 0.25) is 5.95 Å². The fourth-order valence-electron chi connectivity index (χ4n) is 1.90. The first-order valence-electron chi connectivity index (χ1n) is 6.16. The topological polar surface area (TPSA) is 88.0 Å². The standard InChI is InChI=1S/C13H16N4O2/c1-3-8-13(2,11(18)19)15-12-14-9-6-4-5-7-10(9)16-17-12/h4-7H,3,8H2,1-2H3,(H,18,19)(H,14,15,17). The summed E-state index contributed by atoms with van der Waals surface area (Å²) >= 11 is 0. The number of benzene rings is 1. The quantitative estimate of drug-likeness (QED) is 0.855. The summed E-state index contributed by atoms with van der Waals surface area (Å²) in [5.74, 6) is -0.692. The number of carboxylic acids is 1. The molecule has 0 aliphatic heterocycles. The van der Waals surface area contributed by atoms with E-state index < -0.39 is 11.5 Å². The molecule has 0 saturated heterocycles. The van der Waals surface area contributed by atoms with E-state index in [9.17, 15) is 9.90 Å². The van der Waals surface area contributed by atoms with E-state index in [2.05, 4.69) is 20.5 Å². The zero-order valence-electron chi connectivity index (χ0n) is 10.9. The number of aliphatic carboxylic acids is 1. The smallest absolute Gasteiger partial charge is 0.329 e. The van der Waals surface area contributed by atoms with E-state index in [1.165, 1.54) is 0 Å². The van der Waals surface area contributed by atoms with Crippen molar-refractivity contribution in [2.24, 2.45) is 0 Å². The predicted octanol–water partition coefficient (Wildman–Crippen LogP) is 2.08. The molecular formula is C13H16N4O2. The molecule has 0 saturated carbocycles. The van der Waals surface area contributed by atoms with Gasteiger partial charge in [0.25, 0.3) is 0 Å². The fraction of sp³-hybridized carbons (Fsp3) is 0.385. The third kappa shape index (κ3) is 2.78. The number of carbonyl (C=O) groups is 1. The molecule has 2 rings (SSSR count). The van der Waals surface area contributed by atoms with Gasteiger partial charge in [-0.2, -0.15) is 0 Å². The van der Waals surface area contributed by atoms with Crippen LogP contribution in [0.15, 0.2) is 24.3 Å². The number of hydrogen-bond acceptors (Lipinski definition) is 5. The van der Waals surface area contributed by atoms with E-state index >= 15 is 0 Å². The number of rotatable bonds is 5. The normalized spacial score (nSPS) is 14.0. The molecule has 0 aliphatic carbocycles. The molecule has 2 N–H and O–H groups in total. The van der Waals surface area contributed by atoms with E-state index in [0.717, 1.165) is 6.42 Å². The second-order valence-corrected chi connectivity index (χ2v) is 4.64. The molecule has 0 spiro atoms. The molecule has 100 valence electrons. The van der Waals surface area contributed by atoms with Crippen LogP contribution in [0.5, 0.6) is 0 Å². The molecule has 1 heterocycles. The summed E-state index contributed by atoms with van der Waals surface area (Å²) < 4.78 is 0. The summed E-state index contributed by atoms with van der Waals surface area (Å²) in [5, 5.41) is 20.1. The first kappa shape index (κ1) is 13.2. The lowest BCUT2D eigenvalue weighted by Crippen LogP contribution is -2.43. The number of fused-ring (bicyclic) bond motifs is 1. The Morgan fingerprint density at radius 1 is 1.32 bits per heavy atom. The molecule has 19 heavy (non-hydrogen) atoms. The summed E-state index contributed by atoms with van der Waals surface area (Å²) in [5.41, 5.74) is 0.281. The van der Waals surface area contributed by atoms with Gasteiger partial charge >= 0.3 is 5.97 Å². The second kappa shape index (κ2) is 5.17. The lowest BCUT2D eigenvalue weighted by atomic mass is 9.97. The molecule has 1 aromatic carbocycles. The molecule has 6 nitrogen and oxygen atoms in total. The van der Waals surface area contributed by atoms with Crippen molar-refractivity contribution in [2.45, 2.75) is 32.2 Å². The summed E-state index contributed by atoms with van der Waals surface area (Å²) in [4.78, 5) is 15.6. The predicted molar refractivity (Wildman–Crippen MR) is 71.9 cm³/mol. The minimum Gasteiger partial charge on any atom is -0.480 e. The Morgan fingerprint density at radius 3 is 2.63 bits per heavy atom. The maximum Gasteiger partial charge on any atom is 0.329 e. The Labute approximate surface area is 110 Å². The van der Waals surface area contributed by atoms with Crippen molar-refractivity contribution in [3.05, 3.63) is 24.3 Å². The number of carboxylic acid groups (broad SMARTS) is 1. The van der Waals surface area contributed by atoms with E-state index in [-0.39, 0.29) is 5.95 Å². The van der Waals surface area contributed by atoms with Gasteiger partial charge in [-0.3, -0.25) is 0 Å². The van der Waals surface area contributed by atoms with Gasteiger partial charge in [-0.1, -0.05) is 25.5 Å². The molecule has 1 atom stereocenters.